The number of amides is 3. The molecule has 0 saturated heterocycles. The lowest BCUT2D eigenvalue weighted by molar-refractivity contribution is -0.126. The number of carbonyl (C=O) groups is 3. The maximum atomic E-state index is 12.2. The molecule has 0 aliphatic carbocycles. The van der Waals surface area contributed by atoms with Gasteiger partial charge in [0.25, 0.3) is 0 Å². The highest BCUT2D eigenvalue weighted by molar-refractivity contribution is 7.80. The topological polar surface area (TPSA) is 123 Å². The number of nitrogens with one attached hydrogen (secondary N) is 3. The van der Waals surface area contributed by atoms with Gasteiger partial charge >= 0.3 is 6.09 Å². The fourth-order valence-corrected chi connectivity index (χ4v) is 2.31. The quantitative estimate of drug-likeness (QED) is 0.328. The SMILES string of the molecule is CC(=S)NCCCC[C@H](NC(=O)OCc1ccccc1)C(=O)NCC(N)=O. The van der Waals surface area contributed by atoms with E-state index in [1.165, 1.54) is 0 Å². The number of nitrogens with two attached hydrogens (primary N) is 1. The second-order valence-electron chi connectivity index (χ2n) is 5.92. The second kappa shape index (κ2) is 12.6. The fourth-order valence-electron chi connectivity index (χ4n) is 2.21. The first-order valence-corrected chi connectivity index (χ1v) is 9.07. The van der Waals surface area contributed by atoms with Gasteiger partial charge in [-0.25, -0.2) is 4.79 Å². The van der Waals surface area contributed by atoms with E-state index in [0.717, 1.165) is 12.0 Å². The molecule has 1 aromatic rings. The predicted octanol–water partition coefficient (Wildman–Crippen LogP) is 0.990. The van der Waals surface area contributed by atoms with Crippen LogP contribution in [0.3, 0.4) is 0 Å². The summed E-state index contributed by atoms with van der Waals surface area (Å²) in [5, 5.41) is 7.96. The molecule has 1 atom stereocenters. The van der Waals surface area contributed by atoms with E-state index in [1.807, 2.05) is 30.3 Å². The van der Waals surface area contributed by atoms with Gasteiger partial charge in [-0.1, -0.05) is 42.5 Å². The Bertz CT molecular complexity index is 640. The van der Waals surface area contributed by atoms with Gasteiger partial charge in [0.2, 0.25) is 11.8 Å². The summed E-state index contributed by atoms with van der Waals surface area (Å²) in [7, 11) is 0. The largest absolute Gasteiger partial charge is 0.445 e. The molecule has 1 aromatic carbocycles. The number of rotatable bonds is 11. The molecular formula is C18H26N4O4S. The average molecular weight is 394 g/mol. The highest BCUT2D eigenvalue weighted by atomic mass is 32.1. The zero-order valence-electron chi connectivity index (χ0n) is 15.3. The van der Waals surface area contributed by atoms with Crippen molar-refractivity contribution in [2.24, 2.45) is 5.73 Å². The second-order valence-corrected chi connectivity index (χ2v) is 6.53. The molecule has 27 heavy (non-hydrogen) atoms. The third-order valence-electron chi connectivity index (χ3n) is 3.55. The van der Waals surface area contributed by atoms with E-state index in [0.29, 0.717) is 24.4 Å². The molecule has 0 heterocycles. The third-order valence-corrected chi connectivity index (χ3v) is 3.70. The number of primary amides is 1. The number of hydrogen-bond acceptors (Lipinski definition) is 5. The Hall–Kier alpha value is -2.68. The van der Waals surface area contributed by atoms with Crippen molar-refractivity contribution in [3.8, 4) is 0 Å². The molecule has 8 nitrogen and oxygen atoms in total. The molecule has 1 rings (SSSR count). The summed E-state index contributed by atoms with van der Waals surface area (Å²) in [5.41, 5.74) is 5.87. The number of unbranched alkanes of at least 4 members (excludes halogenated alkanes) is 1. The normalized spacial score (nSPS) is 11.1. The summed E-state index contributed by atoms with van der Waals surface area (Å²) < 4.78 is 5.14. The summed E-state index contributed by atoms with van der Waals surface area (Å²) in [4.78, 5) is 35.8. The van der Waals surface area contributed by atoms with E-state index < -0.39 is 23.9 Å². The van der Waals surface area contributed by atoms with Crippen LogP contribution in [0, 0.1) is 0 Å². The lowest BCUT2D eigenvalue weighted by Gasteiger charge is -2.18. The van der Waals surface area contributed by atoms with Crippen molar-refractivity contribution in [1.29, 1.82) is 0 Å². The molecule has 3 amide bonds. The van der Waals surface area contributed by atoms with E-state index >= 15 is 0 Å². The third kappa shape index (κ3) is 10.8. The molecule has 5 N–H and O–H groups in total. The Labute approximate surface area is 164 Å². The van der Waals surface area contributed by atoms with Crippen LogP contribution in [0.25, 0.3) is 0 Å². The Morgan fingerprint density at radius 3 is 2.48 bits per heavy atom. The number of benzene rings is 1. The summed E-state index contributed by atoms with van der Waals surface area (Å²) in [6, 6.07) is 8.38. The van der Waals surface area contributed by atoms with E-state index in [2.05, 4.69) is 16.0 Å². The molecule has 0 unspecified atom stereocenters. The number of alkyl carbamates (subject to hydrolysis) is 1. The Morgan fingerprint density at radius 2 is 1.85 bits per heavy atom. The van der Waals surface area contributed by atoms with Crippen molar-refractivity contribution in [1.82, 2.24) is 16.0 Å². The van der Waals surface area contributed by atoms with Crippen LogP contribution in [0.15, 0.2) is 30.3 Å². The van der Waals surface area contributed by atoms with Gasteiger partial charge in [-0.2, -0.15) is 0 Å². The average Bonchev–Trinajstić information content (AvgIpc) is 2.63. The van der Waals surface area contributed by atoms with Gasteiger partial charge in [0, 0.05) is 6.54 Å². The first kappa shape index (κ1) is 22.4. The highest BCUT2D eigenvalue weighted by Gasteiger charge is 2.21. The minimum absolute atomic E-state index is 0.0974. The van der Waals surface area contributed by atoms with Crippen LogP contribution < -0.4 is 21.7 Å². The summed E-state index contributed by atoms with van der Waals surface area (Å²) in [6.45, 7) is 2.28. The summed E-state index contributed by atoms with van der Waals surface area (Å²) in [6.07, 6.45) is 1.13. The molecule has 0 aliphatic rings. The van der Waals surface area contributed by atoms with Gasteiger partial charge in [0.1, 0.15) is 12.6 Å². The molecule has 148 valence electrons. The molecule has 0 aromatic heterocycles. The Kier molecular flexibility index (Phi) is 10.5. The molecule has 0 fully saturated rings. The van der Waals surface area contributed by atoms with Crippen LogP contribution in [0.5, 0.6) is 0 Å². The summed E-state index contributed by atoms with van der Waals surface area (Å²) in [5.74, 6) is -1.14. The van der Waals surface area contributed by atoms with Gasteiger partial charge in [0.05, 0.1) is 11.5 Å². The standard InChI is InChI=1S/C18H26N4O4S/c1-13(27)20-10-6-5-9-15(17(24)21-11-16(19)23)22-18(25)26-12-14-7-3-2-4-8-14/h2-4,7-8,15H,5-6,9-12H2,1H3,(H2,19,23)(H,20,27)(H,21,24)(H,22,25)/t15-/m0/s1. The number of hydrogen-bond donors (Lipinski definition) is 4. The number of ether oxygens (including phenoxy) is 1. The van der Waals surface area contributed by atoms with Crippen molar-refractivity contribution >= 4 is 35.1 Å². The van der Waals surface area contributed by atoms with E-state index in [9.17, 15) is 14.4 Å². The van der Waals surface area contributed by atoms with Gasteiger partial charge in [-0.3, -0.25) is 9.59 Å². The van der Waals surface area contributed by atoms with Crippen LogP contribution in [0.1, 0.15) is 31.7 Å². The molecule has 0 radical (unpaired) electrons. The summed E-state index contributed by atoms with van der Waals surface area (Å²) >= 11 is 4.93. The first-order chi connectivity index (χ1) is 12.9. The molecule has 9 heteroatoms. The van der Waals surface area contributed by atoms with E-state index in [1.54, 1.807) is 6.92 Å². The van der Waals surface area contributed by atoms with Crippen molar-refractivity contribution < 1.29 is 19.1 Å². The number of carbonyl (C=O) groups excluding carboxylic acids is 3. The smallest absolute Gasteiger partial charge is 0.408 e. The van der Waals surface area contributed by atoms with Gasteiger partial charge in [-0.05, 0) is 31.7 Å². The fraction of sp³-hybridized carbons (Fsp3) is 0.444. The van der Waals surface area contributed by atoms with Crippen LogP contribution in [0.4, 0.5) is 4.79 Å². The van der Waals surface area contributed by atoms with Crippen molar-refractivity contribution in [2.45, 2.75) is 38.8 Å². The minimum atomic E-state index is -0.818. The maximum Gasteiger partial charge on any atom is 0.408 e. The molecule has 0 bridgehead atoms. The Balaban J connectivity index is 2.49. The minimum Gasteiger partial charge on any atom is -0.445 e. The number of thiocarbonyl (C=S) groups is 1. The zero-order chi connectivity index (χ0) is 20.1. The van der Waals surface area contributed by atoms with Gasteiger partial charge in [0.15, 0.2) is 0 Å². The lowest BCUT2D eigenvalue weighted by atomic mass is 10.1. The van der Waals surface area contributed by atoms with Crippen LogP contribution in [-0.2, 0) is 20.9 Å². The monoisotopic (exact) mass is 394 g/mol. The zero-order valence-corrected chi connectivity index (χ0v) is 16.1. The highest BCUT2D eigenvalue weighted by Crippen LogP contribution is 2.04. The first-order valence-electron chi connectivity index (χ1n) is 8.66. The van der Waals surface area contributed by atoms with Crippen LogP contribution >= 0.6 is 12.2 Å². The van der Waals surface area contributed by atoms with Gasteiger partial charge in [-0.15, -0.1) is 0 Å². The molecule has 0 saturated carbocycles. The van der Waals surface area contributed by atoms with Crippen LogP contribution in [-0.4, -0.2) is 42.0 Å². The molecule has 0 aliphatic heterocycles. The van der Waals surface area contributed by atoms with Crippen LogP contribution in [0.2, 0.25) is 0 Å². The molecular weight excluding hydrogens is 368 g/mol. The maximum absolute atomic E-state index is 12.2. The van der Waals surface area contributed by atoms with Crippen molar-refractivity contribution in [2.75, 3.05) is 13.1 Å². The predicted molar refractivity (Wildman–Crippen MR) is 106 cm³/mol. The van der Waals surface area contributed by atoms with Gasteiger partial charge < -0.3 is 26.4 Å². The van der Waals surface area contributed by atoms with E-state index in [-0.39, 0.29) is 13.2 Å². The molecule has 0 spiro atoms. The van der Waals surface area contributed by atoms with E-state index in [4.69, 9.17) is 22.7 Å². The Morgan fingerprint density at radius 1 is 1.15 bits per heavy atom. The lowest BCUT2D eigenvalue weighted by Crippen LogP contribution is -2.48. The van der Waals surface area contributed by atoms with Crippen molar-refractivity contribution in [3.63, 3.8) is 0 Å². The van der Waals surface area contributed by atoms with Crippen molar-refractivity contribution in [3.05, 3.63) is 35.9 Å².